The normalized spacial score (nSPS) is 10.4. The number of halogens is 4. The molecule has 0 atom stereocenters. The van der Waals surface area contributed by atoms with Gasteiger partial charge in [0.2, 0.25) is 0 Å². The molecule has 0 spiro atoms. The fourth-order valence-electron chi connectivity index (χ4n) is 5.24. The smallest absolute Gasteiger partial charge is 0.338 e. The molecule has 0 saturated carbocycles. The van der Waals surface area contributed by atoms with Gasteiger partial charge in [0.15, 0.2) is 0 Å². The molecular formula is C43H34Cl4O8. The minimum absolute atomic E-state index is 0.0490. The first kappa shape index (κ1) is 40.8. The second-order valence-corrected chi connectivity index (χ2v) is 13.2. The zero-order chi connectivity index (χ0) is 39.2. The number of esters is 1. The number of carboxylic acids is 1. The highest BCUT2D eigenvalue weighted by Gasteiger charge is 2.18. The highest BCUT2D eigenvalue weighted by Crippen LogP contribution is 2.30. The Morgan fingerprint density at radius 2 is 0.782 bits per heavy atom. The first-order valence-corrected chi connectivity index (χ1v) is 18.2. The first-order chi connectivity index (χ1) is 26.7. The summed E-state index contributed by atoms with van der Waals surface area (Å²) in [5.41, 5.74) is 3.24. The molecule has 55 heavy (non-hydrogen) atoms. The molecule has 0 bridgehead atoms. The second kappa shape index (κ2) is 20.3. The average Bonchev–Trinajstić information content (AvgIpc) is 3.19. The van der Waals surface area contributed by atoms with E-state index in [-0.39, 0.29) is 32.0 Å². The predicted molar refractivity (Wildman–Crippen MR) is 214 cm³/mol. The lowest BCUT2D eigenvalue weighted by Crippen LogP contribution is -2.12. The van der Waals surface area contributed by atoms with Gasteiger partial charge in [-0.25, -0.2) is 9.59 Å². The number of hydrogen-bond acceptors (Lipinski definition) is 7. The van der Waals surface area contributed by atoms with Gasteiger partial charge in [-0.1, -0.05) is 119 Å². The van der Waals surface area contributed by atoms with E-state index in [0.29, 0.717) is 65.3 Å². The van der Waals surface area contributed by atoms with Gasteiger partial charge >= 0.3 is 11.9 Å². The molecule has 6 aromatic carbocycles. The van der Waals surface area contributed by atoms with Crippen molar-refractivity contribution in [2.24, 2.45) is 0 Å². The summed E-state index contributed by atoms with van der Waals surface area (Å²) in [5.74, 6) is 0.618. The second-order valence-electron chi connectivity index (χ2n) is 11.6. The number of aromatic carboxylic acids is 1. The van der Waals surface area contributed by atoms with Crippen molar-refractivity contribution in [3.63, 3.8) is 0 Å². The number of rotatable bonds is 14. The molecule has 0 fully saturated rings. The van der Waals surface area contributed by atoms with Crippen LogP contribution in [-0.4, -0.2) is 24.2 Å². The quantitative estimate of drug-likeness (QED) is 0.108. The van der Waals surface area contributed by atoms with Crippen LogP contribution in [0.5, 0.6) is 23.0 Å². The van der Waals surface area contributed by atoms with Crippen LogP contribution in [0.4, 0.5) is 0 Å². The summed E-state index contributed by atoms with van der Waals surface area (Å²) in [6, 6.07) is 38.8. The van der Waals surface area contributed by atoms with Crippen molar-refractivity contribution in [1.29, 1.82) is 0 Å². The molecule has 0 saturated heterocycles. The maximum Gasteiger partial charge on any atom is 0.338 e. The van der Waals surface area contributed by atoms with E-state index < -0.39 is 11.9 Å². The molecule has 6 aromatic rings. The Labute approximate surface area is 338 Å². The Balaban J connectivity index is 0.000000211. The molecule has 0 aromatic heterocycles. The number of carbonyl (C=O) groups excluding carboxylic acids is 1. The van der Waals surface area contributed by atoms with Gasteiger partial charge in [0.05, 0.1) is 38.3 Å². The van der Waals surface area contributed by atoms with E-state index in [1.165, 1.54) is 13.2 Å². The molecule has 1 N–H and O–H groups in total. The van der Waals surface area contributed by atoms with Crippen molar-refractivity contribution in [2.45, 2.75) is 26.4 Å². The number of hydrogen-bond donors (Lipinski definition) is 1. The van der Waals surface area contributed by atoms with Crippen LogP contribution in [0, 0.1) is 0 Å². The minimum atomic E-state index is -1.03. The molecule has 0 radical (unpaired) electrons. The molecule has 282 valence electrons. The van der Waals surface area contributed by atoms with Crippen LogP contribution in [-0.2, 0) is 31.2 Å². The maximum atomic E-state index is 12.2. The Hall–Kier alpha value is -5.38. The van der Waals surface area contributed by atoms with Gasteiger partial charge in [0.25, 0.3) is 0 Å². The molecule has 0 aliphatic rings. The van der Waals surface area contributed by atoms with E-state index in [4.69, 9.17) is 70.1 Å². The zero-order valence-electron chi connectivity index (χ0n) is 29.3. The monoisotopic (exact) mass is 818 g/mol. The van der Waals surface area contributed by atoms with Gasteiger partial charge in [0.1, 0.15) is 49.4 Å². The number of methoxy groups -OCH3 is 1. The molecule has 12 heteroatoms. The molecule has 0 unspecified atom stereocenters. The molecule has 8 nitrogen and oxygen atoms in total. The number of carbonyl (C=O) groups is 2. The van der Waals surface area contributed by atoms with E-state index in [9.17, 15) is 14.7 Å². The van der Waals surface area contributed by atoms with E-state index in [1.807, 2.05) is 42.5 Å². The summed E-state index contributed by atoms with van der Waals surface area (Å²) in [6.45, 7) is 0.561. The molecule has 0 heterocycles. The fraction of sp³-hybridized carbons (Fsp3) is 0.116. The van der Waals surface area contributed by atoms with Crippen molar-refractivity contribution in [3.8, 4) is 23.0 Å². The van der Waals surface area contributed by atoms with Crippen molar-refractivity contribution in [2.75, 3.05) is 7.11 Å². The third kappa shape index (κ3) is 11.3. The summed E-state index contributed by atoms with van der Waals surface area (Å²) in [5, 5.41) is 11.5. The van der Waals surface area contributed by atoms with Gasteiger partial charge in [0, 0.05) is 11.1 Å². The lowest BCUT2D eigenvalue weighted by Gasteiger charge is -2.16. The topological polar surface area (TPSA) is 101 Å². The standard InChI is InChI=1S/C22H18Cl2O4.C21H16Cl2O4/c1-26-22(25)16-8-6-7-15(13-27-20-11-4-2-9-18(20)23)17(16)14-28-21-12-5-3-10-19(21)24;22-17-8-1-3-10-19(17)26-12-14-6-5-7-15(21(24)25)16(14)13-27-20-11-4-2-9-18(20)23/h2-12H,13-14H2,1H3;1-11H,12-13H2,(H,24,25). The van der Waals surface area contributed by atoms with Crippen LogP contribution < -0.4 is 18.9 Å². The molecular weight excluding hydrogens is 786 g/mol. The summed E-state index contributed by atoms with van der Waals surface area (Å²) in [6.07, 6.45) is 0. The first-order valence-electron chi connectivity index (χ1n) is 16.7. The van der Waals surface area contributed by atoms with Gasteiger partial charge in [-0.3, -0.25) is 0 Å². The predicted octanol–water partition coefficient (Wildman–Crippen LogP) is 11.8. The van der Waals surface area contributed by atoms with Gasteiger partial charge in [-0.05, 0) is 71.8 Å². The van der Waals surface area contributed by atoms with Gasteiger partial charge in [-0.15, -0.1) is 0 Å². The zero-order valence-corrected chi connectivity index (χ0v) is 32.4. The van der Waals surface area contributed by atoms with Crippen LogP contribution in [0.15, 0.2) is 133 Å². The third-order valence-electron chi connectivity index (χ3n) is 8.04. The molecule has 0 aliphatic heterocycles. The third-order valence-corrected chi connectivity index (χ3v) is 9.29. The summed E-state index contributed by atoms with van der Waals surface area (Å²) in [7, 11) is 1.34. The maximum absolute atomic E-state index is 12.2. The van der Waals surface area contributed by atoms with Crippen LogP contribution in [0.25, 0.3) is 0 Å². The SMILES string of the molecule is COC(=O)c1cccc(COc2ccccc2Cl)c1COc1ccccc1Cl.O=C(O)c1cccc(COc2ccccc2Cl)c1COc1ccccc1Cl. The Morgan fingerprint density at radius 1 is 0.455 bits per heavy atom. The number of carboxylic acid groups (broad SMARTS) is 1. The number of ether oxygens (including phenoxy) is 5. The van der Waals surface area contributed by atoms with Crippen molar-refractivity contribution in [1.82, 2.24) is 0 Å². The van der Waals surface area contributed by atoms with Crippen LogP contribution in [0.3, 0.4) is 0 Å². The van der Waals surface area contributed by atoms with Crippen molar-refractivity contribution < 1.29 is 38.4 Å². The lowest BCUT2D eigenvalue weighted by atomic mass is 10.0. The van der Waals surface area contributed by atoms with E-state index in [1.54, 1.807) is 84.9 Å². The van der Waals surface area contributed by atoms with Crippen molar-refractivity contribution in [3.05, 3.63) is 187 Å². The van der Waals surface area contributed by atoms with E-state index >= 15 is 0 Å². The number of benzene rings is 6. The Bertz CT molecular complexity index is 2240. The van der Waals surface area contributed by atoms with Crippen molar-refractivity contribution >= 4 is 58.3 Å². The fourth-order valence-corrected chi connectivity index (χ4v) is 6.00. The van der Waals surface area contributed by atoms with E-state index in [0.717, 1.165) is 5.56 Å². The van der Waals surface area contributed by atoms with Gasteiger partial charge < -0.3 is 28.8 Å². The Kier molecular flexibility index (Phi) is 15.1. The number of para-hydroxylation sites is 4. The summed E-state index contributed by atoms with van der Waals surface area (Å²) in [4.78, 5) is 23.9. The largest absolute Gasteiger partial charge is 0.487 e. The van der Waals surface area contributed by atoms with E-state index in [2.05, 4.69) is 0 Å². The van der Waals surface area contributed by atoms with Gasteiger partial charge in [-0.2, -0.15) is 0 Å². The van der Waals surface area contributed by atoms with Crippen LogP contribution >= 0.6 is 46.4 Å². The highest BCUT2D eigenvalue weighted by atomic mass is 35.5. The molecule has 6 rings (SSSR count). The highest BCUT2D eigenvalue weighted by molar-refractivity contribution is 6.33. The average molecular weight is 821 g/mol. The molecule has 0 aliphatic carbocycles. The van der Waals surface area contributed by atoms with Crippen LogP contribution in [0.1, 0.15) is 43.0 Å². The molecule has 0 amide bonds. The van der Waals surface area contributed by atoms with Crippen LogP contribution in [0.2, 0.25) is 20.1 Å². The minimum Gasteiger partial charge on any atom is -0.487 e. The lowest BCUT2D eigenvalue weighted by molar-refractivity contribution is 0.0596. The summed E-state index contributed by atoms with van der Waals surface area (Å²) >= 11 is 24.5. The Morgan fingerprint density at radius 3 is 1.13 bits per heavy atom. The summed E-state index contributed by atoms with van der Waals surface area (Å²) < 4.78 is 28.1.